The molecule has 1 saturated heterocycles. The Morgan fingerprint density at radius 1 is 1.15 bits per heavy atom. The van der Waals surface area contributed by atoms with Crippen LogP contribution in [0.3, 0.4) is 0 Å². The molecular weight excluding hydrogens is 412 g/mol. The van der Waals surface area contributed by atoms with Gasteiger partial charge in [0.05, 0.1) is 34.7 Å². The largest absolute Gasteiger partial charge is 0.495 e. The average Bonchev–Trinajstić information content (AvgIpc) is 3.35. The van der Waals surface area contributed by atoms with Crippen molar-refractivity contribution in [1.82, 2.24) is 4.31 Å². The van der Waals surface area contributed by atoms with E-state index in [0.29, 0.717) is 35.3 Å². The summed E-state index contributed by atoms with van der Waals surface area (Å²) in [6.07, 6.45) is 1.71. The van der Waals surface area contributed by atoms with Crippen molar-refractivity contribution in [1.29, 1.82) is 0 Å². The molecule has 1 aliphatic rings. The Hall–Kier alpha value is -1.81. The topological polar surface area (TPSA) is 84.9 Å². The molecule has 0 unspecified atom stereocenters. The molecule has 0 aliphatic carbocycles. The Labute approximate surface area is 166 Å². The Morgan fingerprint density at radius 2 is 1.81 bits per heavy atom. The van der Waals surface area contributed by atoms with Crippen molar-refractivity contribution in [2.45, 2.75) is 17.7 Å². The highest BCUT2D eigenvalue weighted by molar-refractivity contribution is 7.89. The zero-order valence-electron chi connectivity index (χ0n) is 14.8. The predicted octanol–water partition coefficient (Wildman–Crippen LogP) is 3.46. The smallest absolute Gasteiger partial charge is 0.265 e. The number of halogens is 1. The monoisotopic (exact) mass is 430 g/mol. The number of rotatable bonds is 6. The molecule has 2 aromatic rings. The summed E-state index contributed by atoms with van der Waals surface area (Å²) in [5.41, 5.74) is 0.376. The van der Waals surface area contributed by atoms with Crippen molar-refractivity contribution in [2.24, 2.45) is 0 Å². The summed E-state index contributed by atoms with van der Waals surface area (Å²) >= 11 is 7.14. The number of amides is 1. The molecule has 7 nitrogen and oxygen atoms in total. The van der Waals surface area contributed by atoms with Gasteiger partial charge in [-0.25, -0.2) is 8.42 Å². The van der Waals surface area contributed by atoms with Crippen molar-refractivity contribution < 1.29 is 22.7 Å². The van der Waals surface area contributed by atoms with Crippen molar-refractivity contribution in [3.63, 3.8) is 0 Å². The van der Waals surface area contributed by atoms with E-state index in [1.54, 1.807) is 6.07 Å². The van der Waals surface area contributed by atoms with Gasteiger partial charge in [0.2, 0.25) is 10.0 Å². The number of thiophene rings is 1. The number of ether oxygens (including phenoxy) is 2. The van der Waals surface area contributed by atoms with Crippen molar-refractivity contribution >= 4 is 44.6 Å². The third-order valence-electron chi connectivity index (χ3n) is 4.22. The molecule has 0 saturated carbocycles. The molecule has 1 aromatic heterocycles. The lowest BCUT2D eigenvalue weighted by molar-refractivity contribution is 0.103. The highest BCUT2D eigenvalue weighted by atomic mass is 35.5. The van der Waals surface area contributed by atoms with Crippen LogP contribution in [-0.4, -0.2) is 45.9 Å². The first kappa shape index (κ1) is 19.9. The van der Waals surface area contributed by atoms with E-state index in [1.165, 1.54) is 36.0 Å². The number of carbonyl (C=O) groups excluding carboxylic acids is 1. The fourth-order valence-electron chi connectivity index (χ4n) is 2.79. The van der Waals surface area contributed by atoms with Crippen LogP contribution in [0.4, 0.5) is 5.69 Å². The molecule has 0 bridgehead atoms. The summed E-state index contributed by atoms with van der Waals surface area (Å²) in [6, 6.07) is 4.48. The first-order valence-electron chi connectivity index (χ1n) is 8.18. The van der Waals surface area contributed by atoms with E-state index in [4.69, 9.17) is 21.1 Å². The first-order chi connectivity index (χ1) is 12.9. The van der Waals surface area contributed by atoms with Gasteiger partial charge in [0.25, 0.3) is 5.91 Å². The number of methoxy groups -OCH3 is 2. The quantitative estimate of drug-likeness (QED) is 0.758. The van der Waals surface area contributed by atoms with E-state index in [-0.39, 0.29) is 9.77 Å². The van der Waals surface area contributed by atoms with Crippen molar-refractivity contribution in [2.75, 3.05) is 32.6 Å². The molecule has 27 heavy (non-hydrogen) atoms. The maximum atomic E-state index is 12.6. The van der Waals surface area contributed by atoms with E-state index in [9.17, 15) is 13.2 Å². The zero-order valence-corrected chi connectivity index (χ0v) is 17.2. The number of benzene rings is 1. The number of nitrogens with zero attached hydrogens (tertiary/aromatic N) is 1. The van der Waals surface area contributed by atoms with Crippen LogP contribution in [-0.2, 0) is 10.0 Å². The van der Waals surface area contributed by atoms with E-state index >= 15 is 0 Å². The van der Waals surface area contributed by atoms with Crippen LogP contribution in [0, 0.1) is 0 Å². The van der Waals surface area contributed by atoms with E-state index < -0.39 is 15.9 Å². The van der Waals surface area contributed by atoms with Gasteiger partial charge in [0.15, 0.2) is 0 Å². The van der Waals surface area contributed by atoms with Gasteiger partial charge in [-0.3, -0.25) is 4.79 Å². The predicted molar refractivity (Wildman–Crippen MR) is 105 cm³/mol. The number of hydrogen-bond donors (Lipinski definition) is 1. The Bertz CT molecular complexity index is 952. The Balaban J connectivity index is 1.83. The molecule has 0 radical (unpaired) electrons. The number of sulfonamides is 1. The van der Waals surface area contributed by atoms with Gasteiger partial charge < -0.3 is 14.8 Å². The summed E-state index contributed by atoms with van der Waals surface area (Å²) < 4.78 is 37.0. The van der Waals surface area contributed by atoms with Crippen LogP contribution in [0.1, 0.15) is 22.5 Å². The average molecular weight is 431 g/mol. The fourth-order valence-corrected chi connectivity index (χ4v) is 5.70. The molecule has 1 amide bonds. The summed E-state index contributed by atoms with van der Waals surface area (Å²) in [5.74, 6) is 0.317. The first-order valence-corrected chi connectivity index (χ1v) is 10.9. The molecule has 3 rings (SSSR count). The number of carbonyl (C=O) groups is 1. The van der Waals surface area contributed by atoms with Gasteiger partial charge in [0, 0.05) is 30.6 Å². The highest BCUT2D eigenvalue weighted by Crippen LogP contribution is 2.36. The van der Waals surface area contributed by atoms with Gasteiger partial charge >= 0.3 is 0 Å². The molecule has 0 atom stereocenters. The number of nitrogens with one attached hydrogen (secondary N) is 1. The van der Waals surface area contributed by atoms with E-state index in [0.717, 1.165) is 24.2 Å². The van der Waals surface area contributed by atoms with Gasteiger partial charge in [-0.15, -0.1) is 11.3 Å². The standard InChI is InChI=1S/C17H19ClN2O5S2/c1-24-14-9-13(15(25-2)8-12(14)18)19-17(21)16-7-11(10-26-16)27(22,23)20-5-3-4-6-20/h7-10H,3-6H2,1-2H3,(H,19,21). The molecule has 2 heterocycles. The highest BCUT2D eigenvalue weighted by Gasteiger charge is 2.29. The van der Waals surface area contributed by atoms with Gasteiger partial charge in [-0.05, 0) is 18.9 Å². The normalized spacial score (nSPS) is 14.9. The molecule has 10 heteroatoms. The summed E-state index contributed by atoms with van der Waals surface area (Å²) in [5, 5.41) is 4.55. The van der Waals surface area contributed by atoms with Crippen molar-refractivity contribution in [3.05, 3.63) is 33.5 Å². The Kier molecular flexibility index (Phi) is 5.95. The van der Waals surface area contributed by atoms with Crippen LogP contribution in [0.15, 0.2) is 28.5 Å². The molecule has 1 N–H and O–H groups in total. The minimum atomic E-state index is -3.55. The minimum Gasteiger partial charge on any atom is -0.495 e. The second-order valence-electron chi connectivity index (χ2n) is 5.90. The van der Waals surface area contributed by atoms with E-state index in [2.05, 4.69) is 5.32 Å². The van der Waals surface area contributed by atoms with Crippen LogP contribution < -0.4 is 14.8 Å². The lowest BCUT2D eigenvalue weighted by atomic mass is 10.2. The van der Waals surface area contributed by atoms with Crippen LogP contribution >= 0.6 is 22.9 Å². The molecule has 146 valence electrons. The number of anilines is 1. The second kappa shape index (κ2) is 8.05. The van der Waals surface area contributed by atoms with Crippen molar-refractivity contribution in [3.8, 4) is 11.5 Å². The SMILES string of the molecule is COc1cc(NC(=O)c2cc(S(=O)(=O)N3CCCC3)cs2)c(OC)cc1Cl. The zero-order chi connectivity index (χ0) is 19.6. The van der Waals surface area contributed by atoms with Crippen LogP contribution in [0.5, 0.6) is 11.5 Å². The molecular formula is C17H19ClN2O5S2. The summed E-state index contributed by atoms with van der Waals surface area (Å²) in [4.78, 5) is 13.0. The third kappa shape index (κ3) is 4.06. The summed E-state index contributed by atoms with van der Waals surface area (Å²) in [7, 11) is -0.627. The molecule has 1 aromatic carbocycles. The van der Waals surface area contributed by atoms with Gasteiger partial charge in [-0.2, -0.15) is 4.31 Å². The molecule has 0 spiro atoms. The fraction of sp³-hybridized carbons (Fsp3) is 0.353. The molecule has 1 fully saturated rings. The lowest BCUT2D eigenvalue weighted by Gasteiger charge is -2.14. The molecule has 1 aliphatic heterocycles. The summed E-state index contributed by atoms with van der Waals surface area (Å²) in [6.45, 7) is 1.03. The second-order valence-corrected chi connectivity index (χ2v) is 9.16. The number of hydrogen-bond acceptors (Lipinski definition) is 6. The third-order valence-corrected chi connectivity index (χ3v) is 7.47. The van der Waals surface area contributed by atoms with Gasteiger partial charge in [0.1, 0.15) is 11.5 Å². The lowest BCUT2D eigenvalue weighted by Crippen LogP contribution is -2.27. The maximum Gasteiger partial charge on any atom is 0.265 e. The minimum absolute atomic E-state index is 0.139. The maximum absolute atomic E-state index is 12.6. The van der Waals surface area contributed by atoms with Crippen LogP contribution in [0.25, 0.3) is 0 Å². The van der Waals surface area contributed by atoms with Crippen LogP contribution in [0.2, 0.25) is 5.02 Å². The Morgan fingerprint density at radius 3 is 2.44 bits per heavy atom. The van der Waals surface area contributed by atoms with Gasteiger partial charge in [-0.1, -0.05) is 11.6 Å². The van der Waals surface area contributed by atoms with E-state index in [1.807, 2.05) is 0 Å².